The molecular formula is C16H27N3. The van der Waals surface area contributed by atoms with Crippen LogP contribution in [0, 0.1) is 0 Å². The molecule has 2 heterocycles. The molecule has 0 atom stereocenters. The molecule has 0 unspecified atom stereocenters. The summed E-state index contributed by atoms with van der Waals surface area (Å²) in [5.74, 6) is 0.940. The van der Waals surface area contributed by atoms with Crippen LogP contribution in [0.5, 0.6) is 0 Å². The Bertz CT molecular complexity index is 420. The van der Waals surface area contributed by atoms with E-state index in [0.29, 0.717) is 0 Å². The Morgan fingerprint density at radius 3 is 2.26 bits per heavy atom. The first-order valence-electron chi connectivity index (χ1n) is 7.13. The first kappa shape index (κ1) is 17.2. The van der Waals surface area contributed by atoms with Crippen molar-refractivity contribution in [1.82, 2.24) is 10.3 Å². The quantitative estimate of drug-likeness (QED) is 0.724. The van der Waals surface area contributed by atoms with Gasteiger partial charge in [-0.25, -0.2) is 4.98 Å². The van der Waals surface area contributed by atoms with Crippen LogP contribution in [0.2, 0.25) is 0 Å². The monoisotopic (exact) mass is 261 g/mol. The number of pyridine rings is 1. The van der Waals surface area contributed by atoms with Crippen molar-refractivity contribution in [3.63, 3.8) is 0 Å². The number of nitrogens with one attached hydrogen (secondary N) is 2. The fourth-order valence-corrected chi connectivity index (χ4v) is 1.66. The van der Waals surface area contributed by atoms with E-state index in [-0.39, 0.29) is 0 Å². The lowest BCUT2D eigenvalue weighted by molar-refractivity contribution is 0.832. The average Bonchev–Trinajstić information content (AvgIpc) is 2.70. The van der Waals surface area contributed by atoms with E-state index >= 15 is 0 Å². The highest BCUT2D eigenvalue weighted by atomic mass is 15.1. The zero-order valence-corrected chi connectivity index (χ0v) is 13.0. The summed E-state index contributed by atoms with van der Waals surface area (Å²) in [5, 5.41) is 6.71. The van der Waals surface area contributed by atoms with E-state index in [4.69, 9.17) is 0 Å². The van der Waals surface area contributed by atoms with Gasteiger partial charge in [-0.1, -0.05) is 45.9 Å². The molecule has 0 amide bonds. The molecule has 0 aliphatic carbocycles. The van der Waals surface area contributed by atoms with E-state index in [0.717, 1.165) is 23.8 Å². The first-order chi connectivity index (χ1) is 9.35. The molecule has 2 N–H and O–H groups in total. The van der Waals surface area contributed by atoms with Gasteiger partial charge in [0.25, 0.3) is 0 Å². The van der Waals surface area contributed by atoms with Crippen molar-refractivity contribution >= 4 is 5.82 Å². The van der Waals surface area contributed by atoms with E-state index < -0.39 is 0 Å². The lowest BCUT2D eigenvalue weighted by Gasteiger charge is -2.09. The van der Waals surface area contributed by atoms with Crippen molar-refractivity contribution in [2.24, 2.45) is 0 Å². The topological polar surface area (TPSA) is 37.0 Å². The smallest absolute Gasteiger partial charge is 0.135 e. The Balaban J connectivity index is 0.000000741. The summed E-state index contributed by atoms with van der Waals surface area (Å²) in [6.07, 6.45) is 5.92. The van der Waals surface area contributed by atoms with Crippen molar-refractivity contribution in [3.05, 3.63) is 47.4 Å². The molecule has 1 aliphatic heterocycles. The van der Waals surface area contributed by atoms with Crippen LogP contribution in [-0.2, 0) is 6.54 Å². The number of fused-ring (bicyclic) bond motifs is 1. The summed E-state index contributed by atoms with van der Waals surface area (Å²) in [7, 11) is 0. The number of nitrogens with zero attached hydrogens (tertiary/aromatic N) is 1. The molecule has 1 aliphatic rings. The average molecular weight is 261 g/mol. The van der Waals surface area contributed by atoms with Gasteiger partial charge < -0.3 is 10.6 Å². The fourth-order valence-electron chi connectivity index (χ4n) is 1.66. The van der Waals surface area contributed by atoms with Gasteiger partial charge >= 0.3 is 0 Å². The van der Waals surface area contributed by atoms with Crippen LogP contribution in [0.3, 0.4) is 0 Å². The van der Waals surface area contributed by atoms with Gasteiger partial charge in [-0.15, -0.1) is 0 Å². The molecule has 1 aromatic heterocycles. The molecule has 0 saturated heterocycles. The lowest BCUT2D eigenvalue weighted by atomic mass is 10.2. The summed E-state index contributed by atoms with van der Waals surface area (Å²) in [6, 6.07) is 4.03. The third-order valence-electron chi connectivity index (χ3n) is 2.48. The Kier molecular flexibility index (Phi) is 9.23. The number of rotatable bonds is 0. The van der Waals surface area contributed by atoms with E-state index in [1.807, 2.05) is 53.7 Å². The van der Waals surface area contributed by atoms with Crippen molar-refractivity contribution in [2.45, 2.75) is 48.1 Å². The number of hydrogen-bond acceptors (Lipinski definition) is 3. The van der Waals surface area contributed by atoms with Gasteiger partial charge in [-0.3, -0.25) is 0 Å². The van der Waals surface area contributed by atoms with Gasteiger partial charge in [0.1, 0.15) is 5.82 Å². The normalized spacial score (nSPS) is 16.7. The Hall–Kier alpha value is -1.77. The molecule has 19 heavy (non-hydrogen) atoms. The third kappa shape index (κ3) is 4.78. The van der Waals surface area contributed by atoms with E-state index in [1.54, 1.807) is 6.20 Å². The maximum atomic E-state index is 4.33. The van der Waals surface area contributed by atoms with Crippen molar-refractivity contribution < 1.29 is 0 Å². The van der Waals surface area contributed by atoms with E-state index in [2.05, 4.69) is 27.8 Å². The highest BCUT2D eigenvalue weighted by Crippen LogP contribution is 2.20. The van der Waals surface area contributed by atoms with Crippen LogP contribution in [0.4, 0.5) is 5.82 Å². The number of aromatic nitrogens is 1. The zero-order valence-electron chi connectivity index (χ0n) is 13.0. The van der Waals surface area contributed by atoms with Gasteiger partial charge in [0.05, 0.1) is 11.4 Å². The van der Waals surface area contributed by atoms with Crippen LogP contribution < -0.4 is 10.6 Å². The van der Waals surface area contributed by atoms with Gasteiger partial charge in [0, 0.05) is 18.3 Å². The molecule has 0 fully saturated rings. The molecule has 106 valence electrons. The highest BCUT2D eigenvalue weighted by molar-refractivity contribution is 5.55. The van der Waals surface area contributed by atoms with Gasteiger partial charge in [0.15, 0.2) is 0 Å². The van der Waals surface area contributed by atoms with Crippen molar-refractivity contribution in [2.75, 3.05) is 5.32 Å². The second kappa shape index (κ2) is 10.2. The van der Waals surface area contributed by atoms with Crippen LogP contribution in [0.15, 0.2) is 41.9 Å². The number of anilines is 1. The molecule has 2 rings (SSSR count). The SMILES string of the molecule is C/C=C1/NCc2cccnc2N/C1=C/C.CC.CC. The summed E-state index contributed by atoms with van der Waals surface area (Å²) >= 11 is 0. The van der Waals surface area contributed by atoms with Crippen LogP contribution in [0.1, 0.15) is 47.1 Å². The predicted molar refractivity (Wildman–Crippen MR) is 84.9 cm³/mol. The van der Waals surface area contributed by atoms with Crippen LogP contribution in [0.25, 0.3) is 0 Å². The van der Waals surface area contributed by atoms with E-state index in [9.17, 15) is 0 Å². The molecule has 1 aromatic rings. The maximum Gasteiger partial charge on any atom is 0.135 e. The summed E-state index contributed by atoms with van der Waals surface area (Å²) < 4.78 is 0. The minimum Gasteiger partial charge on any atom is -0.379 e. The first-order valence-corrected chi connectivity index (χ1v) is 7.13. The molecule has 0 saturated carbocycles. The molecule has 0 aromatic carbocycles. The Labute approximate surface area is 117 Å². The second-order valence-electron chi connectivity index (χ2n) is 3.39. The van der Waals surface area contributed by atoms with Crippen molar-refractivity contribution in [3.8, 4) is 0 Å². The molecular weight excluding hydrogens is 234 g/mol. The molecule has 3 heteroatoms. The number of hydrogen-bond donors (Lipinski definition) is 2. The minimum atomic E-state index is 0.813. The largest absolute Gasteiger partial charge is 0.379 e. The Morgan fingerprint density at radius 2 is 1.68 bits per heavy atom. The standard InChI is InChI=1S/C12H15N3.2C2H6/c1-3-10-11(4-2)15-12-9(8-14-10)6-5-7-13-12;2*1-2/h3-7,14H,8H2,1-2H3,(H,13,15);2*1-2H3/b10-3+,11-4+;;. The fraction of sp³-hybridized carbons (Fsp3) is 0.438. The minimum absolute atomic E-state index is 0.813. The number of allylic oxidation sites excluding steroid dienone is 2. The summed E-state index contributed by atoms with van der Waals surface area (Å²) in [6.45, 7) is 12.9. The molecule has 0 spiro atoms. The van der Waals surface area contributed by atoms with Gasteiger partial charge in [-0.05, 0) is 19.9 Å². The second-order valence-corrected chi connectivity index (χ2v) is 3.39. The van der Waals surface area contributed by atoms with E-state index in [1.165, 1.54) is 5.56 Å². The van der Waals surface area contributed by atoms with Crippen molar-refractivity contribution in [1.29, 1.82) is 0 Å². The molecule has 0 bridgehead atoms. The summed E-state index contributed by atoms with van der Waals surface area (Å²) in [4.78, 5) is 4.33. The van der Waals surface area contributed by atoms with Crippen LogP contribution in [-0.4, -0.2) is 4.98 Å². The predicted octanol–water partition coefficient (Wildman–Crippen LogP) is 4.46. The third-order valence-corrected chi connectivity index (χ3v) is 2.48. The van der Waals surface area contributed by atoms with Crippen LogP contribution >= 0.6 is 0 Å². The highest BCUT2D eigenvalue weighted by Gasteiger charge is 2.12. The molecule has 0 radical (unpaired) electrons. The maximum absolute atomic E-state index is 4.33. The lowest BCUT2D eigenvalue weighted by Crippen LogP contribution is -2.13. The van der Waals surface area contributed by atoms with Gasteiger partial charge in [-0.2, -0.15) is 0 Å². The Morgan fingerprint density at radius 1 is 1.05 bits per heavy atom. The zero-order chi connectivity index (χ0) is 14.7. The molecule has 3 nitrogen and oxygen atoms in total. The summed E-state index contributed by atoms with van der Waals surface area (Å²) in [5.41, 5.74) is 3.39. The van der Waals surface area contributed by atoms with Gasteiger partial charge in [0.2, 0.25) is 0 Å².